The molecule has 0 saturated carbocycles. The summed E-state index contributed by atoms with van der Waals surface area (Å²) in [5, 5.41) is 12.4. The maximum Gasteiger partial charge on any atom is 0.133 e. The summed E-state index contributed by atoms with van der Waals surface area (Å²) in [6.07, 6.45) is 3.76. The molecule has 0 fully saturated rings. The standard InChI is InChI=1S/C14H11ClN2O2/c15-12-6-3-10(4-7-12)1-2-11-5-8-13(16-18)14(9-11)17-19/h1-9,17,19H. The number of nitroso groups, excluding NO2 is 1. The zero-order chi connectivity index (χ0) is 13.7. The molecule has 0 unspecified atom stereocenters. The van der Waals surface area contributed by atoms with Crippen LogP contribution in [-0.2, 0) is 0 Å². The minimum atomic E-state index is 0.158. The van der Waals surface area contributed by atoms with Crippen LogP contribution in [0.25, 0.3) is 12.2 Å². The molecule has 2 aromatic carbocycles. The summed E-state index contributed by atoms with van der Waals surface area (Å²) < 4.78 is 0. The molecule has 0 spiro atoms. The van der Waals surface area contributed by atoms with Crippen LogP contribution in [-0.4, -0.2) is 5.21 Å². The lowest BCUT2D eigenvalue weighted by atomic mass is 10.1. The SMILES string of the molecule is O=Nc1ccc(C=Cc2ccc(Cl)cc2)cc1NO. The van der Waals surface area contributed by atoms with Crippen LogP contribution in [0, 0.1) is 4.91 Å². The predicted molar refractivity (Wildman–Crippen MR) is 77.7 cm³/mol. The highest BCUT2D eigenvalue weighted by molar-refractivity contribution is 6.30. The van der Waals surface area contributed by atoms with Crippen LogP contribution in [0.4, 0.5) is 11.4 Å². The van der Waals surface area contributed by atoms with Gasteiger partial charge in [-0.05, 0) is 40.6 Å². The summed E-state index contributed by atoms with van der Waals surface area (Å²) in [6.45, 7) is 0. The van der Waals surface area contributed by atoms with Gasteiger partial charge in [0.2, 0.25) is 0 Å². The number of rotatable bonds is 4. The molecule has 19 heavy (non-hydrogen) atoms. The monoisotopic (exact) mass is 274 g/mol. The van der Waals surface area contributed by atoms with Gasteiger partial charge in [0.25, 0.3) is 0 Å². The van der Waals surface area contributed by atoms with E-state index < -0.39 is 0 Å². The van der Waals surface area contributed by atoms with Crippen molar-refractivity contribution in [1.82, 2.24) is 0 Å². The Balaban J connectivity index is 2.23. The average molecular weight is 275 g/mol. The number of nitrogens with one attached hydrogen (secondary N) is 1. The molecule has 0 heterocycles. The van der Waals surface area contributed by atoms with Gasteiger partial charge in [-0.25, -0.2) is 0 Å². The second-order valence-electron chi connectivity index (χ2n) is 3.86. The lowest BCUT2D eigenvalue weighted by molar-refractivity contribution is 0.389. The van der Waals surface area contributed by atoms with Crippen LogP contribution in [0.15, 0.2) is 47.6 Å². The largest absolute Gasteiger partial charge is 0.291 e. The van der Waals surface area contributed by atoms with Crippen LogP contribution in [0.3, 0.4) is 0 Å². The van der Waals surface area contributed by atoms with Gasteiger partial charge in [-0.1, -0.05) is 42.0 Å². The Morgan fingerprint density at radius 2 is 1.68 bits per heavy atom. The van der Waals surface area contributed by atoms with Gasteiger partial charge in [0, 0.05) is 5.02 Å². The van der Waals surface area contributed by atoms with E-state index in [-0.39, 0.29) is 11.4 Å². The van der Waals surface area contributed by atoms with E-state index >= 15 is 0 Å². The van der Waals surface area contributed by atoms with Crippen LogP contribution < -0.4 is 5.48 Å². The molecule has 0 bridgehead atoms. The van der Waals surface area contributed by atoms with Gasteiger partial charge in [-0.3, -0.25) is 10.7 Å². The number of halogens is 1. The molecule has 0 atom stereocenters. The minimum absolute atomic E-state index is 0.158. The number of hydrogen-bond acceptors (Lipinski definition) is 4. The fourth-order valence-electron chi connectivity index (χ4n) is 1.59. The summed E-state index contributed by atoms with van der Waals surface area (Å²) in [6, 6.07) is 12.3. The third kappa shape index (κ3) is 3.40. The molecule has 96 valence electrons. The average Bonchev–Trinajstić information content (AvgIpc) is 2.46. The summed E-state index contributed by atoms with van der Waals surface area (Å²) in [5.74, 6) is 0. The minimum Gasteiger partial charge on any atom is -0.291 e. The van der Waals surface area contributed by atoms with E-state index in [1.165, 1.54) is 6.07 Å². The van der Waals surface area contributed by atoms with Crippen molar-refractivity contribution in [2.75, 3.05) is 5.48 Å². The van der Waals surface area contributed by atoms with Gasteiger partial charge in [-0.15, -0.1) is 4.91 Å². The van der Waals surface area contributed by atoms with Gasteiger partial charge in [0.1, 0.15) is 5.69 Å². The van der Waals surface area contributed by atoms with Crippen molar-refractivity contribution in [2.24, 2.45) is 5.18 Å². The molecule has 0 aliphatic carbocycles. The maximum atomic E-state index is 10.5. The molecule has 2 rings (SSSR count). The molecule has 5 heteroatoms. The number of anilines is 1. The van der Waals surface area contributed by atoms with E-state index in [1.54, 1.807) is 24.3 Å². The fraction of sp³-hybridized carbons (Fsp3) is 0. The molecule has 0 aromatic heterocycles. The Morgan fingerprint density at radius 1 is 1.05 bits per heavy atom. The van der Waals surface area contributed by atoms with Crippen molar-refractivity contribution in [3.63, 3.8) is 0 Å². The Bertz CT molecular complexity index is 609. The molecular formula is C14H11ClN2O2. The first kappa shape index (κ1) is 13.3. The van der Waals surface area contributed by atoms with E-state index in [9.17, 15) is 4.91 Å². The Kier molecular flexibility index (Phi) is 4.28. The quantitative estimate of drug-likeness (QED) is 0.482. The van der Waals surface area contributed by atoms with Gasteiger partial charge < -0.3 is 0 Å². The van der Waals surface area contributed by atoms with Crippen molar-refractivity contribution in [1.29, 1.82) is 0 Å². The van der Waals surface area contributed by atoms with Crippen molar-refractivity contribution in [3.8, 4) is 0 Å². The molecule has 0 amide bonds. The zero-order valence-electron chi connectivity index (χ0n) is 9.88. The third-order valence-corrected chi connectivity index (χ3v) is 2.83. The van der Waals surface area contributed by atoms with Gasteiger partial charge >= 0.3 is 0 Å². The van der Waals surface area contributed by atoms with Crippen molar-refractivity contribution in [2.45, 2.75) is 0 Å². The summed E-state index contributed by atoms with van der Waals surface area (Å²) in [4.78, 5) is 10.5. The van der Waals surface area contributed by atoms with Gasteiger partial charge in [0.15, 0.2) is 0 Å². The van der Waals surface area contributed by atoms with Crippen molar-refractivity contribution in [3.05, 3.63) is 63.5 Å². The molecule has 2 aromatic rings. The van der Waals surface area contributed by atoms with E-state index in [1.807, 2.05) is 29.8 Å². The van der Waals surface area contributed by atoms with Crippen LogP contribution >= 0.6 is 11.6 Å². The topological polar surface area (TPSA) is 61.7 Å². The normalized spacial score (nSPS) is 10.6. The first-order valence-corrected chi connectivity index (χ1v) is 5.92. The molecule has 0 aliphatic heterocycles. The second kappa shape index (κ2) is 6.13. The van der Waals surface area contributed by atoms with Gasteiger partial charge in [0.05, 0.1) is 5.69 Å². The molecule has 2 N–H and O–H groups in total. The van der Waals surface area contributed by atoms with E-state index in [2.05, 4.69) is 5.18 Å². The fourth-order valence-corrected chi connectivity index (χ4v) is 1.72. The van der Waals surface area contributed by atoms with Crippen LogP contribution in [0.5, 0.6) is 0 Å². The highest BCUT2D eigenvalue weighted by Crippen LogP contribution is 2.26. The van der Waals surface area contributed by atoms with Crippen molar-refractivity contribution >= 4 is 35.1 Å². The number of hydrogen-bond donors (Lipinski definition) is 2. The number of benzene rings is 2. The van der Waals surface area contributed by atoms with Crippen molar-refractivity contribution < 1.29 is 5.21 Å². The summed E-state index contributed by atoms with van der Waals surface area (Å²) in [5.41, 5.74) is 4.21. The highest BCUT2D eigenvalue weighted by Gasteiger charge is 2.01. The Labute approximate surface area is 115 Å². The molecular weight excluding hydrogens is 264 g/mol. The number of nitrogens with zero attached hydrogens (tertiary/aromatic N) is 1. The summed E-state index contributed by atoms with van der Waals surface area (Å²) in [7, 11) is 0. The van der Waals surface area contributed by atoms with Crippen LogP contribution in [0.2, 0.25) is 5.02 Å². The first-order chi connectivity index (χ1) is 9.22. The molecule has 0 radical (unpaired) electrons. The van der Waals surface area contributed by atoms with E-state index in [0.717, 1.165) is 11.1 Å². The lowest BCUT2D eigenvalue weighted by Gasteiger charge is -2.02. The van der Waals surface area contributed by atoms with E-state index in [0.29, 0.717) is 5.02 Å². The zero-order valence-corrected chi connectivity index (χ0v) is 10.6. The molecule has 0 aliphatic rings. The summed E-state index contributed by atoms with van der Waals surface area (Å²) >= 11 is 5.80. The first-order valence-electron chi connectivity index (χ1n) is 5.54. The second-order valence-corrected chi connectivity index (χ2v) is 4.30. The van der Waals surface area contributed by atoms with Gasteiger partial charge in [-0.2, -0.15) is 0 Å². The van der Waals surface area contributed by atoms with Crippen LogP contribution in [0.1, 0.15) is 11.1 Å². The predicted octanol–water partition coefficient (Wildman–Crippen LogP) is 4.71. The molecule has 0 saturated heterocycles. The lowest BCUT2D eigenvalue weighted by Crippen LogP contribution is -1.89. The smallest absolute Gasteiger partial charge is 0.133 e. The third-order valence-electron chi connectivity index (χ3n) is 2.58. The highest BCUT2D eigenvalue weighted by atomic mass is 35.5. The van der Waals surface area contributed by atoms with E-state index in [4.69, 9.17) is 16.8 Å². The Hall–Kier alpha value is -2.17. The molecule has 4 nitrogen and oxygen atoms in total. The maximum absolute atomic E-state index is 10.5. The Morgan fingerprint density at radius 3 is 2.32 bits per heavy atom.